The Kier molecular flexibility index (Phi) is 19.9. The summed E-state index contributed by atoms with van der Waals surface area (Å²) in [6.45, 7) is 2.25. The third-order valence-corrected chi connectivity index (χ3v) is 12.9. The van der Waals surface area contributed by atoms with E-state index in [1.165, 1.54) is 0 Å². The van der Waals surface area contributed by atoms with Gasteiger partial charge in [0.15, 0.2) is 12.6 Å². The highest BCUT2D eigenvalue weighted by Gasteiger charge is 2.52. The van der Waals surface area contributed by atoms with Gasteiger partial charge in [-0.1, -0.05) is 212 Å². The van der Waals surface area contributed by atoms with Gasteiger partial charge in [0.25, 0.3) is 0 Å². The SMILES string of the molecule is CO[C@@H]1O[C@H](COC2O[C@H](COCc3ccccc3)[C@@H](OCc3ccccc3)[C@H](OCc3ccccc3)[C@H]2OCc2ccccc2)[C@@H](OCc2ccccc2)[C@H](OCc2ccccc2)[C@H]1OCc1ccccc1. The number of rotatable bonds is 26. The van der Waals surface area contributed by atoms with Crippen molar-refractivity contribution in [3.63, 3.8) is 0 Å². The van der Waals surface area contributed by atoms with Gasteiger partial charge in [0.2, 0.25) is 0 Å². The molecular formula is C62H66O11. The number of hydrogen-bond donors (Lipinski definition) is 0. The molecule has 11 nitrogen and oxygen atoms in total. The van der Waals surface area contributed by atoms with Crippen LogP contribution in [0.25, 0.3) is 0 Å². The van der Waals surface area contributed by atoms with Crippen molar-refractivity contribution in [2.24, 2.45) is 0 Å². The van der Waals surface area contributed by atoms with Crippen molar-refractivity contribution in [2.75, 3.05) is 20.3 Å². The van der Waals surface area contributed by atoms with Crippen molar-refractivity contribution in [3.05, 3.63) is 251 Å². The number of ether oxygens (including phenoxy) is 11. The number of hydrogen-bond acceptors (Lipinski definition) is 11. The van der Waals surface area contributed by atoms with Crippen LogP contribution < -0.4 is 0 Å². The quantitative estimate of drug-likeness (QED) is 0.0518. The fraction of sp³-hybridized carbons (Fsp3) is 0.323. The fourth-order valence-electron chi connectivity index (χ4n) is 9.14. The van der Waals surface area contributed by atoms with Gasteiger partial charge in [-0.25, -0.2) is 0 Å². The van der Waals surface area contributed by atoms with Crippen LogP contribution in [-0.2, 0) is 98.4 Å². The Labute approximate surface area is 429 Å². The molecule has 2 saturated heterocycles. The second-order valence-electron chi connectivity index (χ2n) is 18.2. The zero-order valence-electron chi connectivity index (χ0n) is 41.3. The van der Waals surface area contributed by atoms with Gasteiger partial charge in [-0.2, -0.15) is 0 Å². The highest BCUT2D eigenvalue weighted by atomic mass is 16.7. The van der Waals surface area contributed by atoms with Crippen LogP contribution >= 0.6 is 0 Å². The van der Waals surface area contributed by atoms with E-state index in [1.54, 1.807) is 7.11 Å². The van der Waals surface area contributed by atoms with Gasteiger partial charge < -0.3 is 52.1 Å². The van der Waals surface area contributed by atoms with Crippen molar-refractivity contribution in [3.8, 4) is 0 Å². The smallest absolute Gasteiger partial charge is 0.187 e. The first kappa shape index (κ1) is 52.0. The molecule has 0 spiro atoms. The molecule has 7 aromatic carbocycles. The van der Waals surface area contributed by atoms with Crippen LogP contribution in [0.5, 0.6) is 0 Å². The van der Waals surface area contributed by atoms with E-state index < -0.39 is 61.4 Å². The maximum absolute atomic E-state index is 7.10. The summed E-state index contributed by atoms with van der Waals surface area (Å²) >= 11 is 0. The van der Waals surface area contributed by atoms with Crippen molar-refractivity contribution in [2.45, 2.75) is 108 Å². The molecule has 2 fully saturated rings. The van der Waals surface area contributed by atoms with Crippen molar-refractivity contribution >= 4 is 0 Å². The molecule has 2 heterocycles. The van der Waals surface area contributed by atoms with Crippen molar-refractivity contribution in [1.82, 2.24) is 0 Å². The van der Waals surface area contributed by atoms with Gasteiger partial charge in [0.05, 0.1) is 59.5 Å². The van der Waals surface area contributed by atoms with Crippen molar-refractivity contribution < 1.29 is 52.1 Å². The van der Waals surface area contributed by atoms with Gasteiger partial charge >= 0.3 is 0 Å². The molecule has 0 saturated carbocycles. The number of methoxy groups -OCH3 is 1. The standard InChI is InChI=1S/C62H66O11/c1-63-61-59(69-42-51-33-19-7-20-34-51)57(67-40-49-29-15-5-16-30-49)56(66-39-48-27-13-4-14-28-48)54(72-61)45-71-62-60(70-43-52-35-21-8-22-36-52)58(68-41-50-31-17-6-18-32-50)55(65-38-47-25-11-3-12-26-47)53(73-62)44-64-37-46-23-9-2-10-24-46/h2-36,53-62H,37-45H2,1H3/t53-,54-,55-,56-,57+,58+,59-,60-,61-,62?/m1/s1. The third kappa shape index (κ3) is 15.3. The largest absolute Gasteiger partial charge is 0.374 e. The lowest BCUT2D eigenvalue weighted by molar-refractivity contribution is -0.351. The molecule has 11 heteroatoms. The summed E-state index contributed by atoms with van der Waals surface area (Å²) in [5, 5.41) is 0. The van der Waals surface area contributed by atoms with Crippen LogP contribution in [0.2, 0.25) is 0 Å². The van der Waals surface area contributed by atoms with Gasteiger partial charge in [0, 0.05) is 7.11 Å². The molecule has 2 aliphatic heterocycles. The van der Waals surface area contributed by atoms with Crippen LogP contribution in [-0.4, -0.2) is 81.7 Å². The molecule has 2 aliphatic rings. The van der Waals surface area contributed by atoms with Gasteiger partial charge in [-0.05, 0) is 38.9 Å². The summed E-state index contributed by atoms with van der Waals surface area (Å²) in [6.07, 6.45) is -7.47. The Balaban J connectivity index is 1.05. The summed E-state index contributed by atoms with van der Waals surface area (Å²) in [7, 11) is 1.61. The van der Waals surface area contributed by atoms with E-state index in [0.29, 0.717) is 26.4 Å². The lowest BCUT2D eigenvalue weighted by atomic mass is 9.96. The Morgan fingerprint density at radius 2 is 0.534 bits per heavy atom. The normalized spacial score (nSPS) is 24.0. The molecule has 1 unspecified atom stereocenters. The highest BCUT2D eigenvalue weighted by molar-refractivity contribution is 5.19. The molecule has 0 amide bonds. The first-order valence-corrected chi connectivity index (χ1v) is 25.2. The van der Waals surface area contributed by atoms with E-state index in [-0.39, 0.29) is 33.0 Å². The van der Waals surface area contributed by atoms with E-state index in [2.05, 4.69) is 0 Å². The predicted octanol–water partition coefficient (Wildman–Crippen LogP) is 10.8. The van der Waals surface area contributed by atoms with Crippen molar-refractivity contribution in [1.29, 1.82) is 0 Å². The monoisotopic (exact) mass is 986 g/mol. The zero-order chi connectivity index (χ0) is 49.7. The summed E-state index contributed by atoms with van der Waals surface area (Å²) in [5.41, 5.74) is 7.00. The molecule has 0 radical (unpaired) electrons. The summed E-state index contributed by atoms with van der Waals surface area (Å²) < 4.78 is 75.2. The molecule has 0 N–H and O–H groups in total. The molecule has 10 atom stereocenters. The maximum Gasteiger partial charge on any atom is 0.187 e. The first-order valence-electron chi connectivity index (χ1n) is 25.2. The lowest BCUT2D eigenvalue weighted by Crippen LogP contribution is -2.64. The topological polar surface area (TPSA) is 102 Å². The molecule has 0 bridgehead atoms. The minimum absolute atomic E-state index is 0.00960. The minimum atomic E-state index is -0.999. The average Bonchev–Trinajstić information content (AvgIpc) is 3.45. The molecular weight excluding hydrogens is 921 g/mol. The minimum Gasteiger partial charge on any atom is -0.374 e. The van der Waals surface area contributed by atoms with E-state index in [4.69, 9.17) is 52.1 Å². The fourth-order valence-corrected chi connectivity index (χ4v) is 9.14. The van der Waals surface area contributed by atoms with E-state index in [9.17, 15) is 0 Å². The first-order chi connectivity index (χ1) is 36.2. The lowest BCUT2D eigenvalue weighted by Gasteiger charge is -2.48. The average molecular weight is 987 g/mol. The molecule has 0 aliphatic carbocycles. The zero-order valence-corrected chi connectivity index (χ0v) is 41.3. The van der Waals surface area contributed by atoms with Crippen LogP contribution in [0.4, 0.5) is 0 Å². The highest BCUT2D eigenvalue weighted by Crippen LogP contribution is 2.35. The van der Waals surface area contributed by atoms with Gasteiger partial charge in [0.1, 0.15) is 48.8 Å². The van der Waals surface area contributed by atoms with E-state index in [0.717, 1.165) is 38.9 Å². The second-order valence-corrected chi connectivity index (χ2v) is 18.2. The van der Waals surface area contributed by atoms with Crippen LogP contribution in [0.3, 0.4) is 0 Å². The summed E-state index contributed by atoms with van der Waals surface area (Å²) in [4.78, 5) is 0. The maximum atomic E-state index is 7.10. The summed E-state index contributed by atoms with van der Waals surface area (Å²) in [6, 6.07) is 70.4. The molecule has 380 valence electrons. The van der Waals surface area contributed by atoms with E-state index >= 15 is 0 Å². The molecule has 7 aromatic rings. The summed E-state index contributed by atoms with van der Waals surface area (Å²) in [5.74, 6) is 0. The van der Waals surface area contributed by atoms with Gasteiger partial charge in [-0.3, -0.25) is 0 Å². The second kappa shape index (κ2) is 28.0. The molecule has 0 aromatic heterocycles. The molecule has 73 heavy (non-hydrogen) atoms. The number of benzene rings is 7. The molecule has 9 rings (SSSR count). The predicted molar refractivity (Wildman–Crippen MR) is 276 cm³/mol. The van der Waals surface area contributed by atoms with Gasteiger partial charge in [-0.15, -0.1) is 0 Å². The van der Waals surface area contributed by atoms with Crippen LogP contribution in [0, 0.1) is 0 Å². The Bertz CT molecular complexity index is 2560. The van der Waals surface area contributed by atoms with Crippen LogP contribution in [0.15, 0.2) is 212 Å². The van der Waals surface area contributed by atoms with Crippen LogP contribution in [0.1, 0.15) is 38.9 Å². The Morgan fingerprint density at radius 3 is 0.863 bits per heavy atom. The Morgan fingerprint density at radius 1 is 0.274 bits per heavy atom. The van der Waals surface area contributed by atoms with E-state index in [1.807, 2.05) is 212 Å². The Hall–Kier alpha value is -5.90. The third-order valence-electron chi connectivity index (χ3n) is 12.9.